The van der Waals surface area contributed by atoms with E-state index in [1.54, 1.807) is 12.1 Å². The van der Waals surface area contributed by atoms with Crippen LogP contribution in [0.5, 0.6) is 11.5 Å². The Morgan fingerprint density at radius 1 is 1.31 bits per heavy atom. The number of benzene rings is 2. The Labute approximate surface area is 150 Å². The van der Waals surface area contributed by atoms with Crippen LogP contribution >= 0.6 is 0 Å². The van der Waals surface area contributed by atoms with Crippen LogP contribution in [0.25, 0.3) is 0 Å². The normalized spacial score (nSPS) is 11.8. The number of amides is 1. The number of nitrogens with one attached hydrogen (secondary N) is 2. The van der Waals surface area contributed by atoms with Crippen molar-refractivity contribution < 1.29 is 14.6 Å². The molecule has 0 saturated carbocycles. The first-order chi connectivity index (χ1) is 12.6. The number of aromatic hydroxyl groups is 1. The molecular weight excluding hydrogens is 334 g/mol. The Kier molecular flexibility index (Phi) is 5.12. The van der Waals surface area contributed by atoms with Gasteiger partial charge in [-0.15, -0.1) is 10.2 Å². The summed E-state index contributed by atoms with van der Waals surface area (Å²) in [6.45, 7) is 1.95. The average molecular weight is 353 g/mol. The van der Waals surface area contributed by atoms with E-state index >= 15 is 0 Å². The number of hydrogen-bond donors (Lipinski definition) is 3. The Morgan fingerprint density at radius 3 is 2.85 bits per heavy atom. The molecule has 1 heterocycles. The fourth-order valence-corrected chi connectivity index (χ4v) is 2.66. The maximum atomic E-state index is 12.8. The van der Waals surface area contributed by atoms with E-state index in [2.05, 4.69) is 25.9 Å². The number of tetrazole rings is 1. The number of carbonyl (C=O) groups excluding carboxylic acids is 1. The highest BCUT2D eigenvalue weighted by molar-refractivity contribution is 5.95. The van der Waals surface area contributed by atoms with Crippen LogP contribution < -0.4 is 10.1 Å². The zero-order valence-corrected chi connectivity index (χ0v) is 14.4. The predicted octanol–water partition coefficient (Wildman–Crippen LogP) is 2.19. The standard InChI is InChI=1S/C18H19N5O3/c1-11-4-3-5-13(8-11)19-18(25)14(17-20-22-23-21-17)9-12-6-7-15(24)16(10-12)26-2/h3-8,10,14,24H,9H2,1-2H3,(H,19,25)(H,20,21,22,23)/t14-/m1/s1. The van der Waals surface area contributed by atoms with Crippen LogP contribution in [0.1, 0.15) is 22.9 Å². The molecule has 1 amide bonds. The van der Waals surface area contributed by atoms with Crippen molar-refractivity contribution in [3.63, 3.8) is 0 Å². The fourth-order valence-electron chi connectivity index (χ4n) is 2.66. The Morgan fingerprint density at radius 2 is 2.15 bits per heavy atom. The third-order valence-electron chi connectivity index (χ3n) is 3.96. The zero-order chi connectivity index (χ0) is 18.5. The number of ether oxygens (including phenoxy) is 1. The van der Waals surface area contributed by atoms with Crippen molar-refractivity contribution in [2.24, 2.45) is 0 Å². The highest BCUT2D eigenvalue weighted by atomic mass is 16.5. The minimum atomic E-state index is -0.650. The van der Waals surface area contributed by atoms with Crippen LogP contribution in [0.15, 0.2) is 42.5 Å². The van der Waals surface area contributed by atoms with Gasteiger partial charge < -0.3 is 15.2 Å². The number of methoxy groups -OCH3 is 1. The monoisotopic (exact) mass is 353 g/mol. The maximum Gasteiger partial charge on any atom is 0.235 e. The molecular formula is C18H19N5O3. The molecule has 0 unspecified atom stereocenters. The van der Waals surface area contributed by atoms with Gasteiger partial charge in [-0.3, -0.25) is 4.79 Å². The van der Waals surface area contributed by atoms with Crippen molar-refractivity contribution in [2.45, 2.75) is 19.3 Å². The summed E-state index contributed by atoms with van der Waals surface area (Å²) in [5.41, 5.74) is 2.54. The van der Waals surface area contributed by atoms with E-state index in [0.29, 0.717) is 23.7 Å². The van der Waals surface area contributed by atoms with E-state index in [9.17, 15) is 9.90 Å². The number of aryl methyl sites for hydroxylation is 1. The largest absolute Gasteiger partial charge is 0.504 e. The van der Waals surface area contributed by atoms with Gasteiger partial charge in [0, 0.05) is 5.69 Å². The van der Waals surface area contributed by atoms with E-state index in [4.69, 9.17) is 4.74 Å². The average Bonchev–Trinajstić information content (AvgIpc) is 3.15. The smallest absolute Gasteiger partial charge is 0.235 e. The van der Waals surface area contributed by atoms with Gasteiger partial charge in [0.1, 0.15) is 5.92 Å². The first-order valence-electron chi connectivity index (χ1n) is 8.03. The predicted molar refractivity (Wildman–Crippen MR) is 95.1 cm³/mol. The number of rotatable bonds is 6. The van der Waals surface area contributed by atoms with Gasteiger partial charge in [0.25, 0.3) is 0 Å². The van der Waals surface area contributed by atoms with Crippen molar-refractivity contribution in [1.29, 1.82) is 0 Å². The van der Waals surface area contributed by atoms with E-state index in [0.717, 1.165) is 11.1 Å². The van der Waals surface area contributed by atoms with E-state index in [1.165, 1.54) is 13.2 Å². The second kappa shape index (κ2) is 7.64. The first kappa shape index (κ1) is 17.4. The lowest BCUT2D eigenvalue weighted by atomic mass is 9.97. The second-order valence-corrected chi connectivity index (χ2v) is 5.89. The van der Waals surface area contributed by atoms with Gasteiger partial charge in [-0.25, -0.2) is 0 Å². The number of hydrogen-bond acceptors (Lipinski definition) is 6. The molecule has 0 aliphatic carbocycles. The molecule has 0 aliphatic heterocycles. The molecule has 3 N–H and O–H groups in total. The Bertz CT molecular complexity index is 896. The molecule has 8 nitrogen and oxygen atoms in total. The van der Waals surface area contributed by atoms with Gasteiger partial charge in [-0.2, -0.15) is 5.21 Å². The third kappa shape index (κ3) is 3.97. The van der Waals surface area contributed by atoms with Crippen LogP contribution in [0, 0.1) is 6.92 Å². The highest BCUT2D eigenvalue weighted by Crippen LogP contribution is 2.29. The number of H-pyrrole nitrogens is 1. The number of phenolic OH excluding ortho intramolecular Hbond substituents is 1. The summed E-state index contributed by atoms with van der Waals surface area (Å²) in [4.78, 5) is 12.8. The van der Waals surface area contributed by atoms with E-state index < -0.39 is 5.92 Å². The maximum absolute atomic E-state index is 12.8. The van der Waals surface area contributed by atoms with E-state index in [1.807, 2.05) is 31.2 Å². The van der Waals surface area contributed by atoms with Crippen molar-refractivity contribution in [3.05, 3.63) is 59.4 Å². The van der Waals surface area contributed by atoms with Gasteiger partial charge in [0.05, 0.1) is 7.11 Å². The Hall–Kier alpha value is -3.42. The van der Waals surface area contributed by atoms with Gasteiger partial charge in [-0.1, -0.05) is 23.4 Å². The molecule has 0 fully saturated rings. The molecule has 8 heteroatoms. The summed E-state index contributed by atoms with van der Waals surface area (Å²) in [5, 5.41) is 26.5. The molecule has 0 aliphatic rings. The quantitative estimate of drug-likeness (QED) is 0.626. The van der Waals surface area contributed by atoms with Crippen LogP contribution in [0.3, 0.4) is 0 Å². The molecule has 26 heavy (non-hydrogen) atoms. The summed E-state index contributed by atoms with van der Waals surface area (Å²) >= 11 is 0. The SMILES string of the molecule is COc1cc(C[C@@H](C(=O)Nc2cccc(C)c2)c2nn[nH]n2)ccc1O. The van der Waals surface area contributed by atoms with Gasteiger partial charge in [0.2, 0.25) is 5.91 Å². The summed E-state index contributed by atoms with van der Waals surface area (Å²) in [6.07, 6.45) is 0.327. The summed E-state index contributed by atoms with van der Waals surface area (Å²) < 4.78 is 5.13. The molecule has 0 saturated heterocycles. The molecule has 0 radical (unpaired) electrons. The zero-order valence-electron chi connectivity index (χ0n) is 14.4. The van der Waals surface area contributed by atoms with Crippen LogP contribution in [-0.4, -0.2) is 38.7 Å². The molecule has 0 bridgehead atoms. The molecule has 0 spiro atoms. The Balaban J connectivity index is 1.85. The van der Waals surface area contributed by atoms with Gasteiger partial charge in [-0.05, 0) is 48.7 Å². The lowest BCUT2D eigenvalue weighted by Crippen LogP contribution is -2.24. The highest BCUT2D eigenvalue weighted by Gasteiger charge is 2.26. The molecule has 2 aromatic carbocycles. The topological polar surface area (TPSA) is 113 Å². The summed E-state index contributed by atoms with van der Waals surface area (Å²) in [7, 11) is 1.47. The third-order valence-corrected chi connectivity index (χ3v) is 3.96. The number of anilines is 1. The number of aromatic nitrogens is 4. The number of aromatic amines is 1. The van der Waals surface area contributed by atoms with Crippen molar-refractivity contribution in [3.8, 4) is 11.5 Å². The fraction of sp³-hybridized carbons (Fsp3) is 0.222. The lowest BCUT2D eigenvalue weighted by molar-refractivity contribution is -0.117. The van der Waals surface area contributed by atoms with Crippen LogP contribution in [0.2, 0.25) is 0 Å². The van der Waals surface area contributed by atoms with Crippen molar-refractivity contribution in [1.82, 2.24) is 20.6 Å². The number of carbonyl (C=O) groups is 1. The van der Waals surface area contributed by atoms with Crippen molar-refractivity contribution in [2.75, 3.05) is 12.4 Å². The molecule has 3 aromatic rings. The summed E-state index contributed by atoms with van der Waals surface area (Å²) in [6, 6.07) is 12.5. The number of phenols is 1. The minimum absolute atomic E-state index is 0.0385. The van der Waals surface area contributed by atoms with E-state index in [-0.39, 0.29) is 11.7 Å². The molecule has 1 atom stereocenters. The van der Waals surface area contributed by atoms with Gasteiger partial charge in [0.15, 0.2) is 17.3 Å². The number of nitrogens with zero attached hydrogens (tertiary/aromatic N) is 3. The van der Waals surface area contributed by atoms with Crippen LogP contribution in [-0.2, 0) is 11.2 Å². The molecule has 134 valence electrons. The minimum Gasteiger partial charge on any atom is -0.504 e. The second-order valence-electron chi connectivity index (χ2n) is 5.89. The molecule has 1 aromatic heterocycles. The lowest BCUT2D eigenvalue weighted by Gasteiger charge is -2.15. The first-order valence-corrected chi connectivity index (χ1v) is 8.03. The molecule has 3 rings (SSSR count). The van der Waals surface area contributed by atoms with Gasteiger partial charge >= 0.3 is 0 Å². The van der Waals surface area contributed by atoms with Crippen molar-refractivity contribution >= 4 is 11.6 Å². The van der Waals surface area contributed by atoms with Crippen LogP contribution in [0.4, 0.5) is 5.69 Å². The summed E-state index contributed by atoms with van der Waals surface area (Å²) in [5.74, 6) is -0.222.